The molecular weight excluding hydrogens is 390 g/mol. The first-order valence-corrected chi connectivity index (χ1v) is 10.7. The second-order valence-electron chi connectivity index (χ2n) is 7.15. The van der Waals surface area contributed by atoms with Crippen LogP contribution < -0.4 is 10.2 Å². The van der Waals surface area contributed by atoms with Crippen LogP contribution in [0.4, 0.5) is 11.4 Å². The van der Waals surface area contributed by atoms with Crippen LogP contribution in [0.1, 0.15) is 27.7 Å². The molecule has 0 aliphatic carbocycles. The number of hydrogen-bond donors (Lipinski definition) is 1. The summed E-state index contributed by atoms with van der Waals surface area (Å²) in [5.41, 5.74) is 0.197. The fraction of sp³-hybridized carbons (Fsp3) is 0.450. The van der Waals surface area contributed by atoms with Gasteiger partial charge >= 0.3 is 0 Å². The molecule has 1 aliphatic heterocycles. The van der Waals surface area contributed by atoms with E-state index in [1.165, 1.54) is 6.07 Å². The Morgan fingerprint density at radius 1 is 1.14 bits per heavy atom. The van der Waals surface area contributed by atoms with E-state index in [2.05, 4.69) is 10.2 Å². The average molecular weight is 414 g/mol. The van der Waals surface area contributed by atoms with Gasteiger partial charge in [0.15, 0.2) is 15.4 Å². The Morgan fingerprint density at radius 2 is 1.72 bits per heavy atom. The van der Waals surface area contributed by atoms with E-state index in [-0.39, 0.29) is 28.5 Å². The smallest absolute Gasteiger partial charge is 0.182 e. The normalized spacial score (nSPS) is 19.0. The maximum atomic E-state index is 12.8. The highest BCUT2D eigenvalue weighted by atomic mass is 32.2. The van der Waals surface area contributed by atoms with Gasteiger partial charge in [-0.3, -0.25) is 0 Å². The SMILES string of the molecule is CC1CN(c2ccc(S(=O)(=O)C(C)C)c(NC(C#N)=C(C#N)C#N)c2)CC(C)O1. The van der Waals surface area contributed by atoms with Gasteiger partial charge in [-0.25, -0.2) is 8.42 Å². The minimum absolute atomic E-state index is 0.00702. The molecule has 0 radical (unpaired) electrons. The lowest BCUT2D eigenvalue weighted by atomic mass is 10.1. The van der Waals surface area contributed by atoms with Crippen LogP contribution in [0.2, 0.25) is 0 Å². The summed E-state index contributed by atoms with van der Waals surface area (Å²) in [7, 11) is -3.67. The third-order valence-electron chi connectivity index (χ3n) is 4.52. The van der Waals surface area contributed by atoms with Gasteiger partial charge < -0.3 is 15.0 Å². The van der Waals surface area contributed by atoms with Crippen molar-refractivity contribution in [2.75, 3.05) is 23.3 Å². The molecule has 1 aromatic rings. The molecule has 0 saturated carbocycles. The summed E-state index contributed by atoms with van der Waals surface area (Å²) in [5, 5.41) is 29.5. The van der Waals surface area contributed by atoms with Crippen LogP contribution in [-0.4, -0.2) is 39.0 Å². The number of allylic oxidation sites excluding steroid dienone is 2. The minimum atomic E-state index is -3.67. The van der Waals surface area contributed by atoms with Crippen molar-refractivity contribution in [1.29, 1.82) is 15.8 Å². The molecule has 152 valence electrons. The first-order chi connectivity index (χ1) is 13.6. The van der Waals surface area contributed by atoms with E-state index < -0.39 is 20.7 Å². The zero-order valence-corrected chi connectivity index (χ0v) is 17.6. The van der Waals surface area contributed by atoms with Crippen LogP contribution in [0.15, 0.2) is 34.4 Å². The highest BCUT2D eigenvalue weighted by Gasteiger charge is 2.27. The molecule has 1 aromatic carbocycles. The molecule has 2 atom stereocenters. The van der Waals surface area contributed by atoms with Gasteiger partial charge in [0.2, 0.25) is 0 Å². The van der Waals surface area contributed by atoms with Crippen LogP contribution in [0, 0.1) is 34.0 Å². The lowest BCUT2D eigenvalue weighted by Crippen LogP contribution is -2.45. The summed E-state index contributed by atoms with van der Waals surface area (Å²) < 4.78 is 31.4. The highest BCUT2D eigenvalue weighted by molar-refractivity contribution is 7.92. The average Bonchev–Trinajstić information content (AvgIpc) is 2.66. The van der Waals surface area contributed by atoms with Crippen molar-refractivity contribution in [3.05, 3.63) is 29.5 Å². The number of benzene rings is 1. The molecule has 1 N–H and O–H groups in total. The predicted octanol–water partition coefficient (Wildman–Crippen LogP) is 2.72. The van der Waals surface area contributed by atoms with Crippen molar-refractivity contribution in [1.82, 2.24) is 0 Å². The van der Waals surface area contributed by atoms with Gasteiger partial charge in [-0.2, -0.15) is 15.8 Å². The number of ether oxygens (including phenoxy) is 1. The maximum Gasteiger partial charge on any atom is 0.182 e. The zero-order chi connectivity index (χ0) is 21.8. The molecule has 1 saturated heterocycles. The van der Waals surface area contributed by atoms with E-state index in [1.54, 1.807) is 44.2 Å². The van der Waals surface area contributed by atoms with E-state index in [1.807, 2.05) is 13.8 Å². The Morgan fingerprint density at radius 3 is 2.21 bits per heavy atom. The van der Waals surface area contributed by atoms with E-state index in [9.17, 15) is 13.7 Å². The number of nitriles is 3. The first-order valence-electron chi connectivity index (χ1n) is 9.14. The monoisotopic (exact) mass is 413 g/mol. The number of nitrogens with zero attached hydrogens (tertiary/aromatic N) is 4. The fourth-order valence-electron chi connectivity index (χ4n) is 3.12. The molecule has 8 nitrogen and oxygen atoms in total. The number of anilines is 2. The van der Waals surface area contributed by atoms with Crippen molar-refractivity contribution in [2.24, 2.45) is 0 Å². The molecule has 2 rings (SSSR count). The number of hydrogen-bond acceptors (Lipinski definition) is 8. The molecule has 0 bridgehead atoms. The summed E-state index contributed by atoms with van der Waals surface area (Å²) in [4.78, 5) is 2.08. The third-order valence-corrected chi connectivity index (χ3v) is 6.73. The Labute approximate surface area is 171 Å². The summed E-state index contributed by atoms with van der Waals surface area (Å²) >= 11 is 0. The van der Waals surface area contributed by atoms with Crippen LogP contribution in [0.25, 0.3) is 0 Å². The summed E-state index contributed by atoms with van der Waals surface area (Å²) in [6.07, 6.45) is 0.0140. The van der Waals surface area contributed by atoms with Crippen molar-refractivity contribution >= 4 is 21.2 Å². The fourth-order valence-corrected chi connectivity index (χ4v) is 4.30. The number of nitrogens with one attached hydrogen (secondary N) is 1. The molecule has 9 heteroatoms. The van der Waals surface area contributed by atoms with E-state index in [4.69, 9.17) is 15.3 Å². The first kappa shape index (κ1) is 22.2. The van der Waals surface area contributed by atoms with Crippen molar-refractivity contribution in [3.63, 3.8) is 0 Å². The van der Waals surface area contributed by atoms with Gasteiger partial charge in [-0.1, -0.05) is 0 Å². The van der Waals surface area contributed by atoms with Crippen LogP contribution >= 0.6 is 0 Å². The van der Waals surface area contributed by atoms with E-state index >= 15 is 0 Å². The predicted molar refractivity (Wildman–Crippen MR) is 108 cm³/mol. The quantitative estimate of drug-likeness (QED) is 0.729. The molecule has 0 amide bonds. The Kier molecular flexibility index (Phi) is 6.87. The lowest BCUT2D eigenvalue weighted by Gasteiger charge is -2.37. The Hall–Kier alpha value is -3.06. The third kappa shape index (κ3) is 4.86. The summed E-state index contributed by atoms with van der Waals surface area (Å²) in [5.74, 6) is 0. The molecular formula is C20H23N5O3S. The number of morpholine rings is 1. The van der Waals surface area contributed by atoms with Crippen molar-refractivity contribution < 1.29 is 13.2 Å². The maximum absolute atomic E-state index is 12.8. The van der Waals surface area contributed by atoms with Gasteiger partial charge in [0.25, 0.3) is 0 Å². The highest BCUT2D eigenvalue weighted by Crippen LogP contribution is 2.32. The standard InChI is InChI=1S/C20H23N5O3S/c1-13(2)29(26,27)20-6-5-17(25-11-14(3)28-15(4)12-25)7-18(20)24-19(10-23)16(8-21)9-22/h5-7,13-15,24H,11-12H2,1-4H3. The van der Waals surface area contributed by atoms with Gasteiger partial charge in [-0.15, -0.1) is 0 Å². The number of sulfone groups is 1. The molecule has 0 aromatic heterocycles. The minimum Gasteiger partial charge on any atom is -0.372 e. The van der Waals surface area contributed by atoms with Gasteiger partial charge in [0.05, 0.1) is 28.0 Å². The van der Waals surface area contributed by atoms with Crippen LogP contribution in [0.3, 0.4) is 0 Å². The van der Waals surface area contributed by atoms with Gasteiger partial charge in [-0.05, 0) is 45.9 Å². The number of rotatable bonds is 5. The molecule has 1 fully saturated rings. The summed E-state index contributed by atoms with van der Waals surface area (Å²) in [6.45, 7) is 8.31. The molecule has 29 heavy (non-hydrogen) atoms. The summed E-state index contributed by atoms with van der Waals surface area (Å²) in [6, 6.07) is 9.91. The van der Waals surface area contributed by atoms with Crippen LogP contribution in [-0.2, 0) is 14.6 Å². The molecule has 1 heterocycles. The largest absolute Gasteiger partial charge is 0.372 e. The second kappa shape index (κ2) is 8.96. The molecule has 1 aliphatic rings. The molecule has 0 spiro atoms. The molecule has 2 unspecified atom stereocenters. The van der Waals surface area contributed by atoms with Crippen LogP contribution in [0.5, 0.6) is 0 Å². The second-order valence-corrected chi connectivity index (χ2v) is 9.62. The van der Waals surface area contributed by atoms with E-state index in [0.29, 0.717) is 13.1 Å². The Bertz CT molecular complexity index is 1020. The topological polar surface area (TPSA) is 130 Å². The van der Waals surface area contributed by atoms with E-state index in [0.717, 1.165) is 5.69 Å². The van der Waals surface area contributed by atoms with Crippen molar-refractivity contribution in [2.45, 2.75) is 50.0 Å². The van der Waals surface area contributed by atoms with Gasteiger partial charge in [0, 0.05) is 18.8 Å². The van der Waals surface area contributed by atoms with Crippen molar-refractivity contribution in [3.8, 4) is 18.2 Å². The Balaban J connectivity index is 2.61. The lowest BCUT2D eigenvalue weighted by molar-refractivity contribution is -0.00521. The zero-order valence-electron chi connectivity index (χ0n) is 16.8. The van der Waals surface area contributed by atoms with Gasteiger partial charge in [0.1, 0.15) is 23.9 Å².